The van der Waals surface area contributed by atoms with Crippen molar-refractivity contribution >= 4 is 44.8 Å². The zero-order valence-electron chi connectivity index (χ0n) is 20.3. The number of nitro groups is 1. The minimum absolute atomic E-state index is 0.0358. The summed E-state index contributed by atoms with van der Waals surface area (Å²) in [4.78, 5) is 27.8. The van der Waals surface area contributed by atoms with Crippen LogP contribution in [0.3, 0.4) is 0 Å². The largest absolute Gasteiger partial charge is 0.353 e. The monoisotopic (exact) mass is 508 g/mol. The Hall–Kier alpha value is -3.24. The van der Waals surface area contributed by atoms with Gasteiger partial charge in [0.25, 0.3) is 5.69 Å². The highest BCUT2D eigenvalue weighted by molar-refractivity contribution is 7.13. The van der Waals surface area contributed by atoms with Gasteiger partial charge in [-0.2, -0.15) is 4.37 Å². The smallest absolute Gasteiger partial charge is 0.319 e. The summed E-state index contributed by atoms with van der Waals surface area (Å²) in [6.07, 6.45) is 5.38. The van der Waals surface area contributed by atoms with Crippen LogP contribution in [0, 0.1) is 16.0 Å². The van der Waals surface area contributed by atoms with Gasteiger partial charge in [-0.05, 0) is 74.3 Å². The van der Waals surface area contributed by atoms with E-state index < -0.39 is 4.92 Å². The van der Waals surface area contributed by atoms with Gasteiger partial charge >= 0.3 is 6.03 Å². The molecule has 5 rings (SSSR count). The van der Waals surface area contributed by atoms with Crippen molar-refractivity contribution in [3.05, 3.63) is 58.6 Å². The van der Waals surface area contributed by atoms with Gasteiger partial charge in [0.15, 0.2) is 0 Å². The second-order valence-electron chi connectivity index (χ2n) is 9.74. The van der Waals surface area contributed by atoms with Gasteiger partial charge in [0.05, 0.1) is 9.62 Å². The first-order valence-electron chi connectivity index (χ1n) is 12.7. The second kappa shape index (κ2) is 11.2. The van der Waals surface area contributed by atoms with Gasteiger partial charge in [-0.15, -0.1) is 0 Å². The number of aromatic nitrogens is 1. The summed E-state index contributed by atoms with van der Waals surface area (Å²) >= 11 is 1.58. The molecule has 10 heteroatoms. The van der Waals surface area contributed by atoms with Crippen molar-refractivity contribution < 1.29 is 9.72 Å². The van der Waals surface area contributed by atoms with Crippen molar-refractivity contribution in [2.24, 2.45) is 5.92 Å². The number of urea groups is 1. The molecule has 1 aliphatic carbocycles. The number of nitrogens with one attached hydrogen (secondary N) is 2. The van der Waals surface area contributed by atoms with Crippen LogP contribution in [0.4, 0.5) is 22.0 Å². The number of rotatable bonds is 7. The Bertz CT molecular complexity index is 1200. The highest BCUT2D eigenvalue weighted by Crippen LogP contribution is 2.31. The normalized spacial score (nSPS) is 20.8. The van der Waals surface area contributed by atoms with Gasteiger partial charge in [-0.3, -0.25) is 15.0 Å². The predicted molar refractivity (Wildman–Crippen MR) is 144 cm³/mol. The summed E-state index contributed by atoms with van der Waals surface area (Å²) in [6, 6.07) is 14.3. The van der Waals surface area contributed by atoms with E-state index in [0.717, 1.165) is 64.2 Å². The number of hydrogen-bond donors (Lipinski definition) is 2. The lowest BCUT2D eigenvalue weighted by atomic mass is 9.84. The molecule has 1 saturated carbocycles. The topological polar surface area (TPSA) is 104 Å². The average Bonchev–Trinajstić information content (AvgIpc) is 3.33. The fourth-order valence-electron chi connectivity index (χ4n) is 5.29. The van der Waals surface area contributed by atoms with Crippen molar-refractivity contribution in [1.29, 1.82) is 0 Å². The Morgan fingerprint density at radius 3 is 2.61 bits per heavy atom. The number of carbonyl (C=O) groups excluding carboxylic acids is 1. The van der Waals surface area contributed by atoms with Crippen LogP contribution in [0.25, 0.3) is 10.1 Å². The first-order chi connectivity index (χ1) is 17.5. The van der Waals surface area contributed by atoms with Crippen molar-refractivity contribution in [3.63, 3.8) is 0 Å². The Labute approximate surface area is 214 Å². The predicted octanol–water partition coefficient (Wildman–Crippen LogP) is 5.10. The van der Waals surface area contributed by atoms with Gasteiger partial charge in [0.1, 0.15) is 5.82 Å². The Morgan fingerprint density at radius 1 is 1.06 bits per heavy atom. The maximum absolute atomic E-state index is 12.4. The number of fused-ring (bicyclic) bond motifs is 1. The van der Waals surface area contributed by atoms with Gasteiger partial charge < -0.3 is 15.5 Å². The average molecular weight is 509 g/mol. The van der Waals surface area contributed by atoms with E-state index in [1.807, 2.05) is 0 Å². The van der Waals surface area contributed by atoms with Crippen LogP contribution < -0.4 is 15.5 Å². The van der Waals surface area contributed by atoms with E-state index in [1.165, 1.54) is 28.6 Å². The molecule has 2 aliphatic rings. The summed E-state index contributed by atoms with van der Waals surface area (Å²) in [5, 5.41) is 17.9. The molecule has 3 aromatic rings. The molecule has 1 aliphatic heterocycles. The van der Waals surface area contributed by atoms with E-state index in [0.29, 0.717) is 11.6 Å². The molecule has 0 radical (unpaired) electrons. The summed E-state index contributed by atoms with van der Waals surface area (Å²) in [7, 11) is 0. The van der Waals surface area contributed by atoms with Crippen molar-refractivity contribution in [2.45, 2.75) is 38.1 Å². The molecule has 2 fully saturated rings. The molecule has 9 nitrogen and oxygen atoms in total. The van der Waals surface area contributed by atoms with Crippen LogP contribution in [-0.4, -0.2) is 59.0 Å². The molecule has 2 amide bonds. The standard InChI is InChI=1S/C26H32N6O3S/c33-26(28-21-4-3-5-22(18-21)32(34)35)27-20-10-8-19(9-11-20)12-13-30-14-16-31(17-15-30)25-23-6-1-2-7-24(23)36-29-25/h1-7,18-20H,8-17H2,(H2,27,28,33). The maximum atomic E-state index is 12.4. The van der Waals surface area contributed by atoms with Crippen LogP contribution in [-0.2, 0) is 0 Å². The van der Waals surface area contributed by atoms with Crippen LogP contribution in [0.2, 0.25) is 0 Å². The van der Waals surface area contributed by atoms with Crippen molar-refractivity contribution in [2.75, 3.05) is 42.9 Å². The fraction of sp³-hybridized carbons (Fsp3) is 0.462. The maximum Gasteiger partial charge on any atom is 0.319 e. The zero-order valence-corrected chi connectivity index (χ0v) is 21.1. The van der Waals surface area contributed by atoms with Gasteiger partial charge in [0.2, 0.25) is 0 Å². The number of anilines is 2. The van der Waals surface area contributed by atoms with Crippen LogP contribution in [0.15, 0.2) is 48.5 Å². The first kappa shape index (κ1) is 24.5. The lowest BCUT2D eigenvalue weighted by molar-refractivity contribution is -0.384. The fourth-order valence-corrected chi connectivity index (χ4v) is 6.09. The molecule has 190 valence electrons. The molecular formula is C26H32N6O3S. The van der Waals surface area contributed by atoms with Crippen LogP contribution in [0.1, 0.15) is 32.1 Å². The van der Waals surface area contributed by atoms with Gasteiger partial charge in [-0.25, -0.2) is 4.79 Å². The summed E-state index contributed by atoms with van der Waals surface area (Å²) in [6.45, 7) is 5.30. The SMILES string of the molecule is O=C(Nc1cccc([N+](=O)[O-])c1)NC1CCC(CCN2CCN(c3nsc4ccccc34)CC2)CC1. The minimum Gasteiger partial charge on any atom is -0.353 e. The molecular weight excluding hydrogens is 476 g/mol. The number of nitro benzene ring substituents is 1. The molecule has 1 saturated heterocycles. The molecule has 0 unspecified atom stereocenters. The molecule has 0 atom stereocenters. The second-order valence-corrected chi connectivity index (χ2v) is 10.5. The summed E-state index contributed by atoms with van der Waals surface area (Å²) in [5.41, 5.74) is 0.393. The molecule has 0 spiro atoms. The lowest BCUT2D eigenvalue weighted by Crippen LogP contribution is -2.47. The quantitative estimate of drug-likeness (QED) is 0.340. The number of amides is 2. The van der Waals surface area contributed by atoms with Crippen molar-refractivity contribution in [1.82, 2.24) is 14.6 Å². The van der Waals surface area contributed by atoms with Crippen LogP contribution >= 0.6 is 11.5 Å². The summed E-state index contributed by atoms with van der Waals surface area (Å²) in [5.74, 6) is 1.83. The third-order valence-corrected chi connectivity index (χ3v) is 8.20. The number of hydrogen-bond acceptors (Lipinski definition) is 7. The number of piperazine rings is 1. The highest BCUT2D eigenvalue weighted by atomic mass is 32.1. The molecule has 2 heterocycles. The van der Waals surface area contributed by atoms with E-state index in [1.54, 1.807) is 23.7 Å². The van der Waals surface area contributed by atoms with E-state index in [4.69, 9.17) is 4.37 Å². The molecule has 0 bridgehead atoms. The number of carbonyl (C=O) groups is 1. The minimum atomic E-state index is -0.465. The van der Waals surface area contributed by atoms with Crippen molar-refractivity contribution in [3.8, 4) is 0 Å². The van der Waals surface area contributed by atoms with E-state index in [9.17, 15) is 14.9 Å². The Morgan fingerprint density at radius 2 is 1.83 bits per heavy atom. The third kappa shape index (κ3) is 5.93. The summed E-state index contributed by atoms with van der Waals surface area (Å²) < 4.78 is 5.96. The lowest BCUT2D eigenvalue weighted by Gasteiger charge is -2.36. The molecule has 1 aromatic heterocycles. The van der Waals surface area contributed by atoms with Gasteiger partial charge in [-0.1, -0.05) is 18.2 Å². The van der Waals surface area contributed by atoms with E-state index in [-0.39, 0.29) is 17.8 Å². The molecule has 2 aromatic carbocycles. The van der Waals surface area contributed by atoms with E-state index >= 15 is 0 Å². The van der Waals surface area contributed by atoms with Gasteiger partial charge in [0, 0.05) is 55.4 Å². The third-order valence-electron chi connectivity index (χ3n) is 7.38. The Balaban J connectivity index is 1.00. The number of nitrogens with zero attached hydrogens (tertiary/aromatic N) is 4. The highest BCUT2D eigenvalue weighted by Gasteiger charge is 2.25. The van der Waals surface area contributed by atoms with Crippen LogP contribution in [0.5, 0.6) is 0 Å². The molecule has 2 N–H and O–H groups in total. The van der Waals surface area contributed by atoms with E-state index in [2.05, 4.69) is 44.7 Å². The zero-order chi connectivity index (χ0) is 24.9. The first-order valence-corrected chi connectivity index (χ1v) is 13.5. The number of benzene rings is 2. The number of non-ortho nitro benzene ring substituents is 1. The molecule has 36 heavy (non-hydrogen) atoms. The Kier molecular flexibility index (Phi) is 7.62.